The molecular weight excluding hydrogens is 589 g/mol. The van der Waals surface area contributed by atoms with Crippen LogP contribution < -0.4 is 15.9 Å². The van der Waals surface area contributed by atoms with Gasteiger partial charge in [-0.3, -0.25) is 19.2 Å². The summed E-state index contributed by atoms with van der Waals surface area (Å²) in [4.78, 5) is 48.5. The van der Waals surface area contributed by atoms with Gasteiger partial charge >= 0.3 is 0 Å². The molecule has 45 heavy (non-hydrogen) atoms. The first-order valence-electron chi connectivity index (χ1n) is 15.2. The van der Waals surface area contributed by atoms with Crippen LogP contribution in [0.2, 0.25) is 0 Å². The lowest BCUT2D eigenvalue weighted by molar-refractivity contribution is -0.228. The molecule has 0 aliphatic carbocycles. The van der Waals surface area contributed by atoms with Crippen LogP contribution in [0.25, 0.3) is 0 Å². The molecule has 0 radical (unpaired) electrons. The summed E-state index contributed by atoms with van der Waals surface area (Å²) in [7, 11) is 0. The summed E-state index contributed by atoms with van der Waals surface area (Å²) in [6.07, 6.45) is 4.19. The van der Waals surface area contributed by atoms with Gasteiger partial charge in [0.2, 0.25) is 5.43 Å². The van der Waals surface area contributed by atoms with Crippen molar-refractivity contribution in [2.45, 2.75) is 82.8 Å². The number of nitrogens with zero attached hydrogens (tertiary/aromatic N) is 3. The third kappa shape index (κ3) is 5.50. The first-order valence-corrected chi connectivity index (χ1v) is 15.2. The van der Waals surface area contributed by atoms with Crippen molar-refractivity contribution in [1.29, 1.82) is 0 Å². The smallest absolute Gasteiger partial charge is 0.274 e. The van der Waals surface area contributed by atoms with E-state index in [1.165, 1.54) is 6.20 Å². The largest absolute Gasteiger partial charge is 0.483 e. The number of rotatable bonds is 8. The maximum atomic E-state index is 14.8. The second-order valence-electron chi connectivity index (χ2n) is 12.2. The SMILES string of the molecule is CCCC1C[C@]2(CC[C@H](C)N3C[C@H]2n2cc(C(N)=O)c(=O)c(OCc4ccccc4)c2C3=O)ON1Cc1c(F)cc(F)cc1F. The molecule has 4 heterocycles. The second-order valence-corrected chi connectivity index (χ2v) is 12.2. The predicted molar refractivity (Wildman–Crippen MR) is 158 cm³/mol. The zero-order chi connectivity index (χ0) is 32.0. The Morgan fingerprint density at radius 1 is 1.13 bits per heavy atom. The van der Waals surface area contributed by atoms with Crippen LogP contribution in [0.4, 0.5) is 13.2 Å². The molecular formula is C33H35F3N4O5. The molecule has 2 aromatic carbocycles. The number of ether oxygens (including phenoxy) is 1. The summed E-state index contributed by atoms with van der Waals surface area (Å²) < 4.78 is 50.8. The minimum atomic E-state index is -1.01. The van der Waals surface area contributed by atoms with E-state index in [4.69, 9.17) is 15.3 Å². The summed E-state index contributed by atoms with van der Waals surface area (Å²) in [6.45, 7) is 3.83. The van der Waals surface area contributed by atoms with E-state index in [9.17, 15) is 27.6 Å². The lowest BCUT2D eigenvalue weighted by Gasteiger charge is -2.43. The van der Waals surface area contributed by atoms with Crippen molar-refractivity contribution < 1.29 is 32.3 Å². The first kappa shape index (κ1) is 30.8. The molecule has 9 nitrogen and oxygen atoms in total. The number of carbonyl (C=O) groups excluding carboxylic acids is 2. The lowest BCUT2D eigenvalue weighted by Crippen LogP contribution is -2.52. The fraction of sp³-hybridized carbons (Fsp3) is 0.424. The number of halogens is 3. The molecule has 3 aromatic rings. The molecule has 2 bridgehead atoms. The van der Waals surface area contributed by atoms with Crippen molar-refractivity contribution >= 4 is 11.8 Å². The van der Waals surface area contributed by atoms with Crippen molar-refractivity contribution in [3.05, 3.63) is 98.7 Å². The number of hydrogen-bond donors (Lipinski definition) is 1. The zero-order valence-corrected chi connectivity index (χ0v) is 25.1. The van der Waals surface area contributed by atoms with Gasteiger partial charge in [0, 0.05) is 42.5 Å². The molecule has 2 saturated heterocycles. The van der Waals surface area contributed by atoms with Crippen LogP contribution in [0, 0.1) is 17.5 Å². The fourth-order valence-corrected chi connectivity index (χ4v) is 6.98. The number of aromatic nitrogens is 1. The number of nitrogens with two attached hydrogens (primary N) is 1. The van der Waals surface area contributed by atoms with Crippen molar-refractivity contribution in [3.63, 3.8) is 0 Å². The maximum absolute atomic E-state index is 14.8. The van der Waals surface area contributed by atoms with Gasteiger partial charge in [-0.2, -0.15) is 5.06 Å². The lowest BCUT2D eigenvalue weighted by atomic mass is 9.82. The van der Waals surface area contributed by atoms with Gasteiger partial charge in [-0.05, 0) is 38.2 Å². The standard InChI is InChI=1S/C33H35F3N4O5/c1-3-7-22-14-33(45-40(22)16-23-25(35)12-21(34)13-26(23)36)11-10-19(2)38-17-27(33)39-15-24(31(37)42)29(41)30(28(39)32(38)43)44-18-20-8-5-4-6-9-20/h4-6,8-9,12-13,15,19,22,27H,3,7,10-11,14,16-18H2,1-2H3,(H2,37,42)/t19-,22?,27+,33-/m0/s1. The molecule has 2 fully saturated rings. The van der Waals surface area contributed by atoms with Gasteiger partial charge in [0.1, 0.15) is 35.2 Å². The number of fused-ring (bicyclic) bond motifs is 5. The molecule has 2 N–H and O–H groups in total. The van der Waals surface area contributed by atoms with Crippen LogP contribution in [0.5, 0.6) is 5.75 Å². The van der Waals surface area contributed by atoms with Crippen molar-refractivity contribution in [2.24, 2.45) is 5.73 Å². The molecule has 6 rings (SSSR count). The topological polar surface area (TPSA) is 107 Å². The highest BCUT2D eigenvalue weighted by atomic mass is 19.1. The van der Waals surface area contributed by atoms with E-state index in [-0.39, 0.29) is 54.4 Å². The Hall–Kier alpha value is -4.16. The van der Waals surface area contributed by atoms with Crippen molar-refractivity contribution in [2.75, 3.05) is 6.54 Å². The Kier molecular flexibility index (Phi) is 8.21. The van der Waals surface area contributed by atoms with E-state index < -0.39 is 46.3 Å². The van der Waals surface area contributed by atoms with E-state index >= 15 is 0 Å². The molecule has 2 amide bonds. The number of hydroxylamine groups is 2. The second kappa shape index (κ2) is 12.0. The summed E-state index contributed by atoms with van der Waals surface area (Å²) in [5, 5.41) is 1.56. The number of hydrogen-bond acceptors (Lipinski definition) is 6. The normalized spacial score (nSPS) is 24.5. The Labute approximate surface area is 258 Å². The average Bonchev–Trinajstić information content (AvgIpc) is 3.29. The predicted octanol–water partition coefficient (Wildman–Crippen LogP) is 4.87. The summed E-state index contributed by atoms with van der Waals surface area (Å²) in [5.74, 6) is -4.68. The molecule has 1 unspecified atom stereocenters. The van der Waals surface area contributed by atoms with Crippen LogP contribution in [0.1, 0.15) is 84.0 Å². The molecule has 3 aliphatic heterocycles. The van der Waals surface area contributed by atoms with Crippen LogP contribution in [-0.4, -0.2) is 50.6 Å². The van der Waals surface area contributed by atoms with Crippen LogP contribution in [0.3, 0.4) is 0 Å². The summed E-state index contributed by atoms with van der Waals surface area (Å²) >= 11 is 0. The third-order valence-electron chi connectivity index (χ3n) is 9.31. The van der Waals surface area contributed by atoms with Crippen LogP contribution >= 0.6 is 0 Å². The monoisotopic (exact) mass is 624 g/mol. The number of amides is 2. The summed E-state index contributed by atoms with van der Waals surface area (Å²) in [5.41, 5.74) is 4.00. The maximum Gasteiger partial charge on any atom is 0.274 e. The van der Waals surface area contributed by atoms with E-state index in [1.807, 2.05) is 44.2 Å². The fourth-order valence-electron chi connectivity index (χ4n) is 6.98. The van der Waals surface area contributed by atoms with Crippen molar-refractivity contribution in [3.8, 4) is 5.75 Å². The zero-order valence-electron chi connectivity index (χ0n) is 25.1. The van der Waals surface area contributed by atoms with Crippen molar-refractivity contribution in [1.82, 2.24) is 14.5 Å². The third-order valence-corrected chi connectivity index (χ3v) is 9.31. The Bertz CT molecular complexity index is 1680. The molecule has 12 heteroatoms. The van der Waals surface area contributed by atoms with E-state index in [1.54, 1.807) is 14.5 Å². The van der Waals surface area contributed by atoms with Gasteiger partial charge < -0.3 is 19.9 Å². The number of primary amides is 1. The van der Waals surface area contributed by atoms with Gasteiger partial charge in [-0.25, -0.2) is 13.2 Å². The minimum Gasteiger partial charge on any atom is -0.483 e. The molecule has 3 aliphatic rings. The van der Waals surface area contributed by atoms with E-state index in [0.29, 0.717) is 37.8 Å². The van der Waals surface area contributed by atoms with Gasteiger partial charge in [0.15, 0.2) is 11.4 Å². The molecule has 1 spiro atoms. The van der Waals surface area contributed by atoms with Crippen LogP contribution in [0.15, 0.2) is 53.5 Å². The van der Waals surface area contributed by atoms with Gasteiger partial charge in [0.25, 0.3) is 11.8 Å². The van der Waals surface area contributed by atoms with E-state index in [2.05, 4.69) is 0 Å². The average molecular weight is 625 g/mol. The Balaban J connectivity index is 1.46. The van der Waals surface area contributed by atoms with Gasteiger partial charge in [-0.1, -0.05) is 43.7 Å². The number of benzene rings is 2. The molecule has 0 saturated carbocycles. The van der Waals surface area contributed by atoms with E-state index in [0.717, 1.165) is 12.0 Å². The molecule has 1 aromatic heterocycles. The highest BCUT2D eigenvalue weighted by Crippen LogP contribution is 2.49. The number of pyridine rings is 1. The highest BCUT2D eigenvalue weighted by molar-refractivity contribution is 5.99. The van der Waals surface area contributed by atoms with Crippen LogP contribution in [-0.2, 0) is 18.0 Å². The molecule has 4 atom stereocenters. The quantitative estimate of drug-likeness (QED) is 0.384. The Morgan fingerprint density at radius 2 is 1.84 bits per heavy atom. The molecule has 238 valence electrons. The minimum absolute atomic E-state index is 0.00461. The Morgan fingerprint density at radius 3 is 2.51 bits per heavy atom. The highest BCUT2D eigenvalue weighted by Gasteiger charge is 2.56. The summed E-state index contributed by atoms with van der Waals surface area (Å²) in [6, 6.07) is 9.30. The first-order chi connectivity index (χ1) is 21.5. The van der Waals surface area contributed by atoms with Gasteiger partial charge in [0.05, 0.1) is 12.6 Å². The number of carbonyl (C=O) groups is 2. The van der Waals surface area contributed by atoms with Gasteiger partial charge in [-0.15, -0.1) is 0 Å².